The Hall–Kier alpha value is -2.34. The molecule has 0 saturated carbocycles. The summed E-state index contributed by atoms with van der Waals surface area (Å²) in [5.74, 6) is -0.452. The van der Waals surface area contributed by atoms with E-state index in [-0.39, 0.29) is 11.7 Å². The molecule has 2 aromatic rings. The molecule has 2 amide bonds. The van der Waals surface area contributed by atoms with Crippen LogP contribution in [0.25, 0.3) is 0 Å². The molecule has 6 heteroatoms. The van der Waals surface area contributed by atoms with Crippen molar-refractivity contribution in [1.29, 1.82) is 0 Å². The van der Waals surface area contributed by atoms with Gasteiger partial charge in [-0.2, -0.15) is 0 Å². The van der Waals surface area contributed by atoms with Gasteiger partial charge in [-0.25, -0.2) is 0 Å². The maximum absolute atomic E-state index is 12.1. The van der Waals surface area contributed by atoms with Gasteiger partial charge in [-0.1, -0.05) is 12.1 Å². The third-order valence-corrected chi connectivity index (χ3v) is 3.54. The normalized spacial score (nSPS) is 10.0. The number of nitrogens with two attached hydrogens (primary N) is 1. The number of para-hydroxylation sites is 1. The van der Waals surface area contributed by atoms with Crippen LogP contribution in [0.2, 0.25) is 0 Å². The van der Waals surface area contributed by atoms with Crippen LogP contribution in [0, 0.1) is 0 Å². The van der Waals surface area contributed by atoms with Crippen LogP contribution < -0.4 is 11.1 Å². The highest BCUT2D eigenvalue weighted by Crippen LogP contribution is 2.27. The van der Waals surface area contributed by atoms with E-state index in [0.717, 1.165) is 4.90 Å². The summed E-state index contributed by atoms with van der Waals surface area (Å²) in [6.45, 7) is 0. The minimum absolute atomic E-state index is 0.169. The van der Waals surface area contributed by atoms with Crippen molar-refractivity contribution in [3.05, 3.63) is 54.4 Å². The maximum atomic E-state index is 12.1. The van der Waals surface area contributed by atoms with E-state index in [1.54, 1.807) is 30.6 Å². The maximum Gasteiger partial charge on any atom is 0.255 e. The highest BCUT2D eigenvalue weighted by Gasteiger charge is 2.09. The van der Waals surface area contributed by atoms with Crippen molar-refractivity contribution in [2.45, 2.75) is 4.90 Å². The van der Waals surface area contributed by atoms with Crippen molar-refractivity contribution in [1.82, 2.24) is 4.98 Å². The van der Waals surface area contributed by atoms with E-state index in [9.17, 15) is 9.59 Å². The first-order valence-electron chi connectivity index (χ1n) is 5.88. The van der Waals surface area contributed by atoms with Crippen LogP contribution in [0.5, 0.6) is 0 Å². The molecule has 20 heavy (non-hydrogen) atoms. The van der Waals surface area contributed by atoms with Crippen LogP contribution in [0.3, 0.4) is 0 Å². The fourth-order valence-corrected chi connectivity index (χ4v) is 2.29. The molecule has 0 aliphatic rings. The molecular formula is C14H13N3O2S. The predicted octanol–water partition coefficient (Wildman–Crippen LogP) is 1.91. The first kappa shape index (κ1) is 14.1. The van der Waals surface area contributed by atoms with Gasteiger partial charge in [0.05, 0.1) is 11.4 Å². The number of amides is 2. The number of anilines is 1. The SMILES string of the molecule is NC(=O)CSc1ccccc1NC(=O)c1ccncc1. The molecule has 3 N–H and O–H groups in total. The van der Waals surface area contributed by atoms with Gasteiger partial charge in [-0.3, -0.25) is 14.6 Å². The number of aromatic nitrogens is 1. The Bertz CT molecular complexity index is 617. The molecule has 1 aromatic carbocycles. The van der Waals surface area contributed by atoms with Crippen LogP contribution in [-0.4, -0.2) is 22.6 Å². The topological polar surface area (TPSA) is 85.1 Å². The van der Waals surface area contributed by atoms with Gasteiger partial charge in [0.1, 0.15) is 0 Å². The van der Waals surface area contributed by atoms with Gasteiger partial charge in [0.25, 0.3) is 5.91 Å². The zero-order valence-corrected chi connectivity index (χ0v) is 11.4. The van der Waals surface area contributed by atoms with Crippen LogP contribution in [0.1, 0.15) is 10.4 Å². The minimum Gasteiger partial charge on any atom is -0.369 e. The van der Waals surface area contributed by atoms with Crippen molar-refractivity contribution in [2.75, 3.05) is 11.1 Å². The van der Waals surface area contributed by atoms with E-state index >= 15 is 0 Å². The Balaban J connectivity index is 2.13. The van der Waals surface area contributed by atoms with Gasteiger partial charge in [0, 0.05) is 22.9 Å². The number of nitrogens with one attached hydrogen (secondary N) is 1. The highest BCUT2D eigenvalue weighted by molar-refractivity contribution is 8.00. The van der Waals surface area contributed by atoms with Crippen molar-refractivity contribution < 1.29 is 9.59 Å². The molecule has 0 bridgehead atoms. The van der Waals surface area contributed by atoms with E-state index in [4.69, 9.17) is 5.73 Å². The second-order valence-electron chi connectivity index (χ2n) is 3.94. The molecule has 0 aliphatic carbocycles. The van der Waals surface area contributed by atoms with Gasteiger partial charge in [-0.15, -0.1) is 11.8 Å². The van der Waals surface area contributed by atoms with Crippen LogP contribution in [0.15, 0.2) is 53.7 Å². The lowest BCUT2D eigenvalue weighted by Crippen LogP contribution is -2.14. The van der Waals surface area contributed by atoms with Gasteiger partial charge in [0.2, 0.25) is 5.91 Å². The summed E-state index contributed by atoms with van der Waals surface area (Å²) in [5.41, 5.74) is 6.30. The average Bonchev–Trinajstić information content (AvgIpc) is 2.47. The van der Waals surface area contributed by atoms with Crippen LogP contribution >= 0.6 is 11.8 Å². The van der Waals surface area contributed by atoms with Gasteiger partial charge in [-0.05, 0) is 24.3 Å². The zero-order chi connectivity index (χ0) is 14.4. The Morgan fingerprint density at radius 2 is 1.85 bits per heavy atom. The summed E-state index contributed by atoms with van der Waals surface area (Å²) in [6.07, 6.45) is 3.12. The van der Waals surface area contributed by atoms with Gasteiger partial charge >= 0.3 is 0 Å². The molecule has 0 radical (unpaired) electrons. The lowest BCUT2D eigenvalue weighted by atomic mass is 10.2. The Kier molecular flexibility index (Phi) is 4.73. The number of hydrogen-bond donors (Lipinski definition) is 2. The number of pyridine rings is 1. The summed E-state index contributed by atoms with van der Waals surface area (Å²) in [6, 6.07) is 10.5. The summed E-state index contributed by atoms with van der Waals surface area (Å²) in [4.78, 5) is 27.6. The lowest BCUT2D eigenvalue weighted by molar-refractivity contribution is -0.115. The summed E-state index contributed by atoms with van der Waals surface area (Å²) in [5, 5.41) is 2.81. The fourth-order valence-electron chi connectivity index (χ4n) is 1.54. The molecule has 1 heterocycles. The van der Waals surface area contributed by atoms with E-state index in [1.807, 2.05) is 18.2 Å². The highest BCUT2D eigenvalue weighted by atomic mass is 32.2. The number of primary amides is 1. The van der Waals surface area contributed by atoms with Crippen LogP contribution in [0.4, 0.5) is 5.69 Å². The number of carbonyl (C=O) groups is 2. The van der Waals surface area contributed by atoms with E-state index in [1.165, 1.54) is 11.8 Å². The van der Waals surface area contributed by atoms with Crippen molar-refractivity contribution in [3.63, 3.8) is 0 Å². The van der Waals surface area contributed by atoms with Crippen molar-refractivity contribution in [3.8, 4) is 0 Å². The molecule has 102 valence electrons. The molecular weight excluding hydrogens is 274 g/mol. The standard InChI is InChI=1S/C14H13N3O2S/c15-13(18)9-20-12-4-2-1-3-11(12)17-14(19)10-5-7-16-8-6-10/h1-8H,9H2,(H2,15,18)(H,17,19). The monoisotopic (exact) mass is 287 g/mol. The fraction of sp³-hybridized carbons (Fsp3) is 0.0714. The Morgan fingerprint density at radius 3 is 2.55 bits per heavy atom. The molecule has 0 spiro atoms. The Labute approximate surface area is 120 Å². The molecule has 0 fully saturated rings. The number of benzene rings is 1. The van der Waals surface area contributed by atoms with Crippen LogP contribution in [-0.2, 0) is 4.79 Å². The first-order chi connectivity index (χ1) is 9.66. The quantitative estimate of drug-likeness (QED) is 0.823. The second-order valence-corrected chi connectivity index (χ2v) is 4.96. The number of nitrogens with zero attached hydrogens (tertiary/aromatic N) is 1. The van der Waals surface area contributed by atoms with Gasteiger partial charge < -0.3 is 11.1 Å². The smallest absolute Gasteiger partial charge is 0.255 e. The number of carbonyl (C=O) groups excluding carboxylic acids is 2. The second kappa shape index (κ2) is 6.72. The third-order valence-electron chi connectivity index (χ3n) is 2.45. The predicted molar refractivity (Wildman–Crippen MR) is 78.6 cm³/mol. The lowest BCUT2D eigenvalue weighted by Gasteiger charge is -2.10. The summed E-state index contributed by atoms with van der Waals surface area (Å²) >= 11 is 1.29. The van der Waals surface area contributed by atoms with Gasteiger partial charge in [0.15, 0.2) is 0 Å². The summed E-state index contributed by atoms with van der Waals surface area (Å²) < 4.78 is 0. The number of hydrogen-bond acceptors (Lipinski definition) is 4. The molecule has 5 nitrogen and oxygen atoms in total. The molecule has 0 saturated heterocycles. The Morgan fingerprint density at radius 1 is 1.15 bits per heavy atom. The molecule has 1 aromatic heterocycles. The van der Waals surface area contributed by atoms with Crippen molar-refractivity contribution >= 4 is 29.3 Å². The van der Waals surface area contributed by atoms with E-state index in [0.29, 0.717) is 11.3 Å². The first-order valence-corrected chi connectivity index (χ1v) is 6.87. The molecule has 0 aliphatic heterocycles. The number of rotatable bonds is 5. The molecule has 0 atom stereocenters. The minimum atomic E-state index is -0.398. The van der Waals surface area contributed by atoms with E-state index < -0.39 is 5.91 Å². The molecule has 0 unspecified atom stereocenters. The molecule has 2 rings (SSSR count). The third kappa shape index (κ3) is 3.83. The van der Waals surface area contributed by atoms with Crippen molar-refractivity contribution in [2.24, 2.45) is 5.73 Å². The number of thioether (sulfide) groups is 1. The average molecular weight is 287 g/mol. The zero-order valence-electron chi connectivity index (χ0n) is 10.6. The van der Waals surface area contributed by atoms with E-state index in [2.05, 4.69) is 10.3 Å². The summed E-state index contributed by atoms with van der Waals surface area (Å²) in [7, 11) is 0. The largest absolute Gasteiger partial charge is 0.369 e.